The highest BCUT2D eigenvalue weighted by Gasteiger charge is 2.35. The van der Waals surface area contributed by atoms with Gasteiger partial charge in [-0.25, -0.2) is 10.4 Å². The van der Waals surface area contributed by atoms with Crippen LogP contribution in [0.4, 0.5) is 0 Å². The van der Waals surface area contributed by atoms with Gasteiger partial charge in [0.2, 0.25) is 11.8 Å². The minimum absolute atomic E-state index is 0.236. The molecule has 2 aliphatic heterocycles. The van der Waals surface area contributed by atoms with Crippen LogP contribution in [0.25, 0.3) is 17.0 Å². The van der Waals surface area contributed by atoms with Crippen LogP contribution in [0.5, 0.6) is 0 Å². The molecule has 11 heteroatoms. The van der Waals surface area contributed by atoms with Crippen molar-refractivity contribution in [2.75, 3.05) is 6.54 Å². The molecule has 3 N–H and O–H groups in total. The number of nitrogens with zero attached hydrogens (tertiary/aromatic N) is 2. The Morgan fingerprint density at radius 3 is 2.52 bits per heavy atom. The highest BCUT2D eigenvalue weighted by atomic mass is 35.5. The minimum atomic E-state index is -0.961. The first-order valence-electron chi connectivity index (χ1n) is 14.4. The number of pyridine rings is 1. The molecule has 2 aliphatic rings. The third-order valence-electron chi connectivity index (χ3n) is 7.92. The number of hydrazine groups is 1. The summed E-state index contributed by atoms with van der Waals surface area (Å²) in [6.45, 7) is 12.8. The maximum absolute atomic E-state index is 13.4. The molecule has 3 amide bonds. The lowest BCUT2D eigenvalue weighted by molar-refractivity contribution is -0.157. The lowest BCUT2D eigenvalue weighted by atomic mass is 9.89. The second-order valence-electron chi connectivity index (χ2n) is 12.1. The summed E-state index contributed by atoms with van der Waals surface area (Å²) in [4.78, 5) is 57.9. The van der Waals surface area contributed by atoms with Gasteiger partial charge in [-0.1, -0.05) is 49.7 Å². The number of rotatable bonds is 1. The number of hydrogen-bond acceptors (Lipinski definition) is 7. The first kappa shape index (κ1) is 31.4. The maximum Gasteiger partial charge on any atom is 0.325 e. The molecule has 3 heterocycles. The molecule has 226 valence electrons. The van der Waals surface area contributed by atoms with E-state index in [-0.39, 0.29) is 11.8 Å². The number of cyclic esters (lactones) is 1. The van der Waals surface area contributed by atoms with Crippen molar-refractivity contribution in [1.29, 1.82) is 0 Å². The number of carbonyl (C=O) groups is 4. The first-order valence-corrected chi connectivity index (χ1v) is 14.8. The van der Waals surface area contributed by atoms with E-state index in [1.54, 1.807) is 39.8 Å². The second kappa shape index (κ2) is 12.4. The van der Waals surface area contributed by atoms with E-state index in [9.17, 15) is 19.2 Å². The zero-order valence-electron chi connectivity index (χ0n) is 25.2. The Morgan fingerprint density at radius 2 is 1.83 bits per heavy atom. The molecule has 1 saturated heterocycles. The Hall–Kier alpha value is -3.50. The van der Waals surface area contributed by atoms with Crippen molar-refractivity contribution in [3.63, 3.8) is 0 Å². The number of nitrogens with one attached hydrogen (secondary N) is 3. The molecular formula is C31H40ClN5O5. The summed E-state index contributed by atoms with van der Waals surface area (Å²) >= 11 is 6.64. The van der Waals surface area contributed by atoms with E-state index in [2.05, 4.69) is 16.1 Å². The average Bonchev–Trinajstić information content (AvgIpc) is 2.94. The number of hydrogen-bond donors (Lipinski definition) is 3. The van der Waals surface area contributed by atoms with Crippen molar-refractivity contribution < 1.29 is 23.9 Å². The Labute approximate surface area is 251 Å². The van der Waals surface area contributed by atoms with Gasteiger partial charge in [0, 0.05) is 11.9 Å². The molecule has 0 unspecified atom stereocenters. The maximum atomic E-state index is 13.4. The van der Waals surface area contributed by atoms with E-state index in [0.29, 0.717) is 35.6 Å². The summed E-state index contributed by atoms with van der Waals surface area (Å²) < 4.78 is 5.78. The standard InChI is InChI=1S/C31H40ClN5O5/c1-16(2)25-27(38)33-18(4)28(39)37-14-8-9-23(36-37)29(40)42-19(5)24-15-22(32)21-11-10-20(17(3)26(21)34-24)12-13-31(6,7)30(41)35-25/h10-13,15-16,18-19,23,25,36H,8-9,14H2,1-7H3,(H,33,38)(H,35,41)/t18-,19+,23-,25-/m0/s1. The summed E-state index contributed by atoms with van der Waals surface area (Å²) in [5, 5.41) is 8.20. The third-order valence-corrected chi connectivity index (χ3v) is 8.23. The minimum Gasteiger partial charge on any atom is -0.455 e. The molecule has 0 spiro atoms. The van der Waals surface area contributed by atoms with E-state index >= 15 is 0 Å². The van der Waals surface area contributed by atoms with Crippen LogP contribution in [0.1, 0.15) is 77.3 Å². The lowest BCUT2D eigenvalue weighted by Gasteiger charge is -2.35. The van der Waals surface area contributed by atoms with Gasteiger partial charge in [-0.3, -0.25) is 24.2 Å². The van der Waals surface area contributed by atoms with Gasteiger partial charge in [-0.15, -0.1) is 0 Å². The van der Waals surface area contributed by atoms with E-state index in [1.807, 2.05) is 39.0 Å². The van der Waals surface area contributed by atoms with Crippen LogP contribution in [0.2, 0.25) is 5.02 Å². The lowest BCUT2D eigenvalue weighted by Crippen LogP contribution is -2.61. The molecule has 4 rings (SSSR count). The third kappa shape index (κ3) is 6.60. The quantitative estimate of drug-likeness (QED) is 0.424. The van der Waals surface area contributed by atoms with Gasteiger partial charge in [0.25, 0.3) is 5.91 Å². The zero-order valence-corrected chi connectivity index (χ0v) is 26.0. The van der Waals surface area contributed by atoms with Crippen LogP contribution >= 0.6 is 11.6 Å². The van der Waals surface area contributed by atoms with Gasteiger partial charge < -0.3 is 15.4 Å². The molecule has 0 saturated carbocycles. The van der Waals surface area contributed by atoms with Crippen LogP contribution in [0.3, 0.4) is 0 Å². The van der Waals surface area contributed by atoms with Crippen LogP contribution < -0.4 is 16.1 Å². The molecule has 0 aliphatic carbocycles. The molecule has 42 heavy (non-hydrogen) atoms. The molecule has 0 radical (unpaired) electrons. The molecular weight excluding hydrogens is 558 g/mol. The number of halogens is 1. The summed E-state index contributed by atoms with van der Waals surface area (Å²) in [6, 6.07) is 2.97. The Morgan fingerprint density at radius 1 is 1.12 bits per heavy atom. The number of ether oxygens (including phenoxy) is 1. The van der Waals surface area contributed by atoms with Crippen molar-refractivity contribution in [2.24, 2.45) is 11.3 Å². The average molecular weight is 598 g/mol. The largest absolute Gasteiger partial charge is 0.455 e. The van der Waals surface area contributed by atoms with Gasteiger partial charge >= 0.3 is 5.97 Å². The number of fused-ring (bicyclic) bond motifs is 4. The Balaban J connectivity index is 1.77. The predicted octanol–water partition coefficient (Wildman–Crippen LogP) is 3.99. The monoisotopic (exact) mass is 597 g/mol. The van der Waals surface area contributed by atoms with Gasteiger partial charge in [-0.2, -0.15) is 0 Å². The van der Waals surface area contributed by atoms with E-state index in [4.69, 9.17) is 21.3 Å². The molecule has 1 fully saturated rings. The summed E-state index contributed by atoms with van der Waals surface area (Å²) in [5.41, 5.74) is 4.86. The fraction of sp³-hybridized carbons (Fsp3) is 0.516. The van der Waals surface area contributed by atoms with Crippen molar-refractivity contribution >= 4 is 52.3 Å². The van der Waals surface area contributed by atoms with Crippen molar-refractivity contribution in [3.8, 4) is 0 Å². The number of aromatic nitrogens is 1. The van der Waals surface area contributed by atoms with Gasteiger partial charge in [0.1, 0.15) is 24.2 Å². The first-order chi connectivity index (χ1) is 19.7. The fourth-order valence-electron chi connectivity index (χ4n) is 5.08. The van der Waals surface area contributed by atoms with Crippen molar-refractivity contribution in [3.05, 3.63) is 46.1 Å². The highest BCUT2D eigenvalue weighted by molar-refractivity contribution is 6.35. The Bertz CT molecular complexity index is 1440. The van der Waals surface area contributed by atoms with Crippen molar-refractivity contribution in [1.82, 2.24) is 26.1 Å². The number of benzene rings is 1. The normalized spacial score (nSPS) is 25.8. The van der Waals surface area contributed by atoms with Crippen molar-refractivity contribution in [2.45, 2.75) is 85.5 Å². The molecule has 1 aromatic heterocycles. The van der Waals surface area contributed by atoms with E-state index < -0.39 is 47.4 Å². The molecule has 1 aromatic carbocycles. The smallest absolute Gasteiger partial charge is 0.325 e. The highest BCUT2D eigenvalue weighted by Crippen LogP contribution is 2.32. The molecule has 2 aromatic rings. The van der Waals surface area contributed by atoms with E-state index in [1.165, 1.54) is 5.01 Å². The van der Waals surface area contributed by atoms with Crippen LogP contribution in [-0.2, 0) is 23.9 Å². The van der Waals surface area contributed by atoms with Crippen LogP contribution in [-0.4, -0.2) is 58.4 Å². The SMILES string of the molecule is Cc1c2ccc3c(Cl)cc(nc13)[C@@H](C)OC(=O)[C@@H]1CCCN(N1)C(=O)[C@H](C)NC(=O)[C@H](C(C)C)NC(=O)C(C)(C)C=C2. The number of carbonyl (C=O) groups excluding carboxylic acids is 4. The summed E-state index contributed by atoms with van der Waals surface area (Å²) in [6.07, 6.45) is 3.99. The second-order valence-corrected chi connectivity index (χ2v) is 12.5. The summed E-state index contributed by atoms with van der Waals surface area (Å²) in [7, 11) is 0. The predicted molar refractivity (Wildman–Crippen MR) is 161 cm³/mol. The number of esters is 1. The van der Waals surface area contributed by atoms with Gasteiger partial charge in [0.15, 0.2) is 0 Å². The van der Waals surface area contributed by atoms with Crippen LogP contribution in [0.15, 0.2) is 24.3 Å². The topological polar surface area (TPSA) is 130 Å². The van der Waals surface area contributed by atoms with E-state index in [0.717, 1.165) is 16.5 Å². The number of amides is 3. The van der Waals surface area contributed by atoms with Gasteiger partial charge in [-0.05, 0) is 70.6 Å². The van der Waals surface area contributed by atoms with Gasteiger partial charge in [0.05, 0.1) is 21.6 Å². The summed E-state index contributed by atoms with van der Waals surface area (Å²) in [5.74, 6) is -1.94. The molecule has 5 bridgehead atoms. The van der Waals surface area contributed by atoms with Crippen LogP contribution in [0, 0.1) is 18.3 Å². The number of aryl methyl sites for hydroxylation is 1. The Kier molecular flexibility index (Phi) is 9.27. The molecule has 10 nitrogen and oxygen atoms in total. The zero-order chi connectivity index (χ0) is 30.9. The molecule has 4 atom stereocenters. The fourth-order valence-corrected chi connectivity index (χ4v) is 5.34.